The smallest absolute Gasteiger partial charge is 0.319 e. The Balaban J connectivity index is 2.19. The summed E-state index contributed by atoms with van der Waals surface area (Å²) in [7, 11) is 0. The van der Waals surface area contributed by atoms with Crippen molar-refractivity contribution >= 4 is 23.5 Å². The quantitative estimate of drug-likeness (QED) is 0.841. The zero-order chi connectivity index (χ0) is 17.4. The molecule has 2 rings (SSSR count). The highest BCUT2D eigenvalue weighted by molar-refractivity contribution is 6.22. The molecule has 0 unspecified atom stereocenters. The van der Waals surface area contributed by atoms with Crippen molar-refractivity contribution in [1.82, 2.24) is 10.2 Å². The Morgan fingerprint density at radius 1 is 1.13 bits per heavy atom. The molecule has 0 bridgehead atoms. The lowest BCUT2D eigenvalue weighted by atomic mass is 10.1. The van der Waals surface area contributed by atoms with Crippen LogP contribution in [0.15, 0.2) is 18.2 Å². The minimum Gasteiger partial charge on any atom is -0.338 e. The van der Waals surface area contributed by atoms with E-state index in [1.54, 1.807) is 18.2 Å². The average molecular weight is 317 g/mol. The van der Waals surface area contributed by atoms with Gasteiger partial charge in [-0.15, -0.1) is 0 Å². The zero-order valence-corrected chi connectivity index (χ0v) is 14.2. The number of rotatable bonds is 3. The van der Waals surface area contributed by atoms with E-state index >= 15 is 0 Å². The summed E-state index contributed by atoms with van der Waals surface area (Å²) >= 11 is 0. The maximum absolute atomic E-state index is 12.5. The molecule has 2 N–H and O–H groups in total. The summed E-state index contributed by atoms with van der Waals surface area (Å²) in [6.07, 6.45) is 0. The van der Waals surface area contributed by atoms with E-state index in [1.165, 1.54) is 4.90 Å². The third-order valence-electron chi connectivity index (χ3n) is 3.49. The summed E-state index contributed by atoms with van der Waals surface area (Å²) in [5.74, 6) is -0.280. The van der Waals surface area contributed by atoms with Gasteiger partial charge in [0.05, 0.1) is 11.1 Å². The van der Waals surface area contributed by atoms with Crippen LogP contribution in [0, 0.1) is 5.92 Å². The standard InChI is InChI=1S/C17H23N3O3/c1-10(2)9-18-16(23)19-11-6-7-12-13(8-11)15(22)20(14(12)21)17(3,4)5/h6-8,10H,9H2,1-5H3,(H2,18,19,23). The van der Waals surface area contributed by atoms with Gasteiger partial charge in [0.2, 0.25) is 0 Å². The van der Waals surface area contributed by atoms with Crippen LogP contribution in [0.1, 0.15) is 55.3 Å². The highest BCUT2D eigenvalue weighted by Gasteiger charge is 2.41. The third-order valence-corrected chi connectivity index (χ3v) is 3.49. The number of nitrogens with one attached hydrogen (secondary N) is 2. The molecule has 0 atom stereocenters. The SMILES string of the molecule is CC(C)CNC(=O)Nc1ccc2c(c1)C(=O)N(C(C)(C)C)C2=O. The molecule has 23 heavy (non-hydrogen) atoms. The lowest BCUT2D eigenvalue weighted by molar-refractivity contribution is 0.0507. The zero-order valence-electron chi connectivity index (χ0n) is 14.2. The number of imide groups is 1. The molecular weight excluding hydrogens is 294 g/mol. The van der Waals surface area contributed by atoms with Gasteiger partial charge in [-0.2, -0.15) is 0 Å². The fourth-order valence-corrected chi connectivity index (χ4v) is 2.40. The Hall–Kier alpha value is -2.37. The number of urea groups is 1. The van der Waals surface area contributed by atoms with E-state index in [9.17, 15) is 14.4 Å². The first-order valence-corrected chi connectivity index (χ1v) is 7.69. The van der Waals surface area contributed by atoms with E-state index < -0.39 is 5.54 Å². The van der Waals surface area contributed by atoms with Crippen molar-refractivity contribution in [1.29, 1.82) is 0 Å². The van der Waals surface area contributed by atoms with Crippen molar-refractivity contribution in [3.8, 4) is 0 Å². The van der Waals surface area contributed by atoms with Gasteiger partial charge in [0.1, 0.15) is 0 Å². The van der Waals surface area contributed by atoms with Gasteiger partial charge in [0.25, 0.3) is 11.8 Å². The van der Waals surface area contributed by atoms with Crippen LogP contribution in [0.4, 0.5) is 10.5 Å². The highest BCUT2D eigenvalue weighted by atomic mass is 16.2. The molecule has 0 spiro atoms. The Morgan fingerprint density at radius 2 is 1.74 bits per heavy atom. The van der Waals surface area contributed by atoms with Crippen LogP contribution in [0.3, 0.4) is 0 Å². The second-order valence-corrected chi connectivity index (χ2v) is 7.11. The molecule has 0 aliphatic carbocycles. The molecule has 1 aliphatic heterocycles. The van der Waals surface area contributed by atoms with Crippen LogP contribution in [0.5, 0.6) is 0 Å². The topological polar surface area (TPSA) is 78.5 Å². The van der Waals surface area contributed by atoms with Crippen LogP contribution in [0.2, 0.25) is 0 Å². The number of hydrogen-bond acceptors (Lipinski definition) is 3. The fraction of sp³-hybridized carbons (Fsp3) is 0.471. The fourth-order valence-electron chi connectivity index (χ4n) is 2.40. The molecule has 1 aromatic carbocycles. The van der Waals surface area contributed by atoms with Gasteiger partial charge in [-0.1, -0.05) is 13.8 Å². The molecule has 124 valence electrons. The summed E-state index contributed by atoms with van der Waals surface area (Å²) in [4.78, 5) is 37.9. The predicted molar refractivity (Wildman–Crippen MR) is 88.6 cm³/mol. The van der Waals surface area contributed by atoms with Crippen molar-refractivity contribution in [2.45, 2.75) is 40.2 Å². The van der Waals surface area contributed by atoms with E-state index in [2.05, 4.69) is 10.6 Å². The summed E-state index contributed by atoms with van der Waals surface area (Å²) in [5, 5.41) is 5.42. The van der Waals surface area contributed by atoms with Crippen LogP contribution in [0.25, 0.3) is 0 Å². The summed E-state index contributed by atoms with van der Waals surface area (Å²) in [6.45, 7) is 10.0. The number of benzene rings is 1. The number of fused-ring (bicyclic) bond motifs is 1. The van der Waals surface area contributed by atoms with Crippen molar-refractivity contribution < 1.29 is 14.4 Å². The first-order chi connectivity index (χ1) is 10.6. The lowest BCUT2D eigenvalue weighted by Crippen LogP contribution is -2.45. The lowest BCUT2D eigenvalue weighted by Gasteiger charge is -2.29. The van der Waals surface area contributed by atoms with Crippen molar-refractivity contribution in [2.24, 2.45) is 5.92 Å². The minimum atomic E-state index is -0.588. The monoisotopic (exact) mass is 317 g/mol. The van der Waals surface area contributed by atoms with E-state index in [0.717, 1.165) is 0 Å². The summed E-state index contributed by atoms with van der Waals surface area (Å²) in [6, 6.07) is 4.43. The molecule has 6 heteroatoms. The maximum Gasteiger partial charge on any atom is 0.319 e. The normalized spacial score (nSPS) is 14.3. The van der Waals surface area contributed by atoms with Gasteiger partial charge in [-0.25, -0.2) is 4.79 Å². The number of carbonyl (C=O) groups excluding carboxylic acids is 3. The van der Waals surface area contributed by atoms with Crippen LogP contribution < -0.4 is 10.6 Å². The van der Waals surface area contributed by atoms with E-state index in [4.69, 9.17) is 0 Å². The van der Waals surface area contributed by atoms with E-state index in [0.29, 0.717) is 29.3 Å². The first kappa shape index (κ1) is 17.0. The molecule has 1 heterocycles. The Kier molecular flexibility index (Phi) is 4.45. The molecule has 4 amide bonds. The van der Waals surface area contributed by atoms with Gasteiger partial charge in [0.15, 0.2) is 0 Å². The molecule has 0 aromatic heterocycles. The van der Waals surface area contributed by atoms with Gasteiger partial charge in [0, 0.05) is 17.8 Å². The van der Waals surface area contributed by atoms with Crippen LogP contribution in [-0.4, -0.2) is 34.8 Å². The highest BCUT2D eigenvalue weighted by Crippen LogP contribution is 2.30. The molecule has 6 nitrogen and oxygen atoms in total. The van der Waals surface area contributed by atoms with E-state index in [1.807, 2.05) is 34.6 Å². The average Bonchev–Trinajstić information content (AvgIpc) is 2.68. The number of anilines is 1. The van der Waals surface area contributed by atoms with E-state index in [-0.39, 0.29) is 17.8 Å². The van der Waals surface area contributed by atoms with Gasteiger partial charge >= 0.3 is 6.03 Å². The molecular formula is C17H23N3O3. The van der Waals surface area contributed by atoms with Crippen LogP contribution in [-0.2, 0) is 0 Å². The summed E-state index contributed by atoms with van der Waals surface area (Å²) in [5.41, 5.74) is 0.599. The molecule has 1 aromatic rings. The van der Waals surface area contributed by atoms with Gasteiger partial charge in [-0.05, 0) is 44.9 Å². The van der Waals surface area contributed by atoms with Crippen LogP contribution >= 0.6 is 0 Å². The molecule has 0 radical (unpaired) electrons. The minimum absolute atomic E-state index is 0.298. The maximum atomic E-state index is 12.5. The predicted octanol–water partition coefficient (Wildman–Crippen LogP) is 2.86. The van der Waals surface area contributed by atoms with Gasteiger partial charge < -0.3 is 10.6 Å². The molecule has 1 aliphatic rings. The second-order valence-electron chi connectivity index (χ2n) is 7.11. The first-order valence-electron chi connectivity index (χ1n) is 7.69. The number of amides is 4. The number of nitrogens with zero attached hydrogens (tertiary/aromatic N) is 1. The molecule has 0 fully saturated rings. The number of hydrogen-bond donors (Lipinski definition) is 2. The van der Waals surface area contributed by atoms with Crippen molar-refractivity contribution in [3.63, 3.8) is 0 Å². The largest absolute Gasteiger partial charge is 0.338 e. The third kappa shape index (κ3) is 3.52. The molecule has 0 saturated carbocycles. The number of carbonyl (C=O) groups is 3. The Bertz CT molecular complexity index is 660. The summed E-state index contributed by atoms with van der Waals surface area (Å²) < 4.78 is 0. The molecule has 0 saturated heterocycles. The van der Waals surface area contributed by atoms with Crippen molar-refractivity contribution in [3.05, 3.63) is 29.3 Å². The Morgan fingerprint density at radius 3 is 2.30 bits per heavy atom. The Labute approximate surface area is 136 Å². The van der Waals surface area contributed by atoms with Crippen molar-refractivity contribution in [2.75, 3.05) is 11.9 Å². The van der Waals surface area contributed by atoms with Gasteiger partial charge in [-0.3, -0.25) is 14.5 Å². The second kappa shape index (κ2) is 6.02.